The lowest BCUT2D eigenvalue weighted by molar-refractivity contribution is -0.117. The quantitative estimate of drug-likeness (QED) is 0.303. The van der Waals surface area contributed by atoms with E-state index in [1.807, 2.05) is 24.3 Å². The van der Waals surface area contributed by atoms with Crippen molar-refractivity contribution in [1.29, 1.82) is 0 Å². The van der Waals surface area contributed by atoms with Crippen LogP contribution in [0.25, 0.3) is 6.08 Å². The molecule has 0 spiro atoms. The van der Waals surface area contributed by atoms with Gasteiger partial charge in [0, 0.05) is 18.2 Å². The molecule has 0 atom stereocenters. The topological polar surface area (TPSA) is 89.8 Å². The maximum Gasteiger partial charge on any atom is 0.267 e. The first-order valence-corrected chi connectivity index (χ1v) is 11.3. The number of hydrogen-bond donors (Lipinski definition) is 2. The Hall–Kier alpha value is -4.00. The van der Waals surface area contributed by atoms with Crippen LogP contribution < -0.4 is 20.1 Å². The zero-order chi connectivity index (χ0) is 24.2. The molecule has 0 unspecified atom stereocenters. The normalized spacial score (nSPS) is 11.1. The molecule has 178 valence electrons. The molecule has 7 nitrogen and oxygen atoms in total. The van der Waals surface area contributed by atoms with Crippen LogP contribution in [0.5, 0.6) is 11.5 Å². The zero-order valence-corrected chi connectivity index (χ0v) is 19.5. The van der Waals surface area contributed by atoms with Crippen LogP contribution in [-0.4, -0.2) is 32.1 Å². The highest BCUT2D eigenvalue weighted by atomic mass is 16.5. The van der Waals surface area contributed by atoms with Crippen molar-refractivity contribution in [2.75, 3.05) is 20.3 Å². The summed E-state index contributed by atoms with van der Waals surface area (Å²) in [5, 5.41) is 5.57. The summed E-state index contributed by atoms with van der Waals surface area (Å²) in [6.07, 6.45) is 5.43. The first kappa shape index (κ1) is 24.6. The zero-order valence-electron chi connectivity index (χ0n) is 19.5. The van der Waals surface area contributed by atoms with Crippen LogP contribution in [0.15, 0.2) is 77.0 Å². The maximum atomic E-state index is 12.9. The predicted octanol–water partition coefficient (Wildman–Crippen LogP) is 4.60. The van der Waals surface area contributed by atoms with E-state index in [-0.39, 0.29) is 5.70 Å². The highest BCUT2D eigenvalue weighted by Crippen LogP contribution is 2.19. The van der Waals surface area contributed by atoms with Crippen molar-refractivity contribution in [2.45, 2.75) is 26.2 Å². The number of nitrogens with one attached hydrogen (secondary N) is 2. The Morgan fingerprint density at radius 2 is 1.82 bits per heavy atom. The van der Waals surface area contributed by atoms with Gasteiger partial charge in [-0.2, -0.15) is 0 Å². The van der Waals surface area contributed by atoms with Gasteiger partial charge in [0.1, 0.15) is 23.0 Å². The number of rotatable bonds is 12. The number of aryl methyl sites for hydroxylation is 1. The highest BCUT2D eigenvalue weighted by molar-refractivity contribution is 6.05. The number of para-hydroxylation sites is 1. The Bertz CT molecular complexity index is 1090. The lowest BCUT2D eigenvalue weighted by atomic mass is 10.1. The van der Waals surface area contributed by atoms with Gasteiger partial charge in [0.2, 0.25) is 0 Å². The minimum absolute atomic E-state index is 0.0995. The molecule has 7 heteroatoms. The molecule has 0 fully saturated rings. The molecule has 3 aromatic rings. The van der Waals surface area contributed by atoms with E-state index >= 15 is 0 Å². The lowest BCUT2D eigenvalue weighted by Crippen LogP contribution is -2.35. The third kappa shape index (κ3) is 7.27. The van der Waals surface area contributed by atoms with Crippen LogP contribution in [0, 0.1) is 0 Å². The lowest BCUT2D eigenvalue weighted by Gasteiger charge is -2.12. The molecule has 3 rings (SSSR count). The van der Waals surface area contributed by atoms with Crippen LogP contribution in [0.4, 0.5) is 0 Å². The van der Waals surface area contributed by atoms with E-state index in [4.69, 9.17) is 13.9 Å². The molecule has 2 amide bonds. The average Bonchev–Trinajstić information content (AvgIpc) is 3.38. The summed E-state index contributed by atoms with van der Waals surface area (Å²) in [6.45, 7) is 3.18. The molecule has 0 saturated carbocycles. The van der Waals surface area contributed by atoms with Crippen molar-refractivity contribution in [3.05, 3.63) is 89.5 Å². The molecule has 0 radical (unpaired) electrons. The smallest absolute Gasteiger partial charge is 0.267 e. The number of furan rings is 1. The molecular weight excluding hydrogens is 432 g/mol. The fourth-order valence-electron chi connectivity index (χ4n) is 3.25. The average molecular weight is 463 g/mol. The van der Waals surface area contributed by atoms with Crippen LogP contribution in [0.3, 0.4) is 0 Å². The summed E-state index contributed by atoms with van der Waals surface area (Å²) in [4.78, 5) is 25.6. The third-order valence-electron chi connectivity index (χ3n) is 5.02. The Labute approximate surface area is 199 Å². The van der Waals surface area contributed by atoms with Crippen LogP contribution >= 0.6 is 0 Å². The second kappa shape index (κ2) is 12.9. The summed E-state index contributed by atoms with van der Waals surface area (Å²) in [5.41, 5.74) is 1.61. The molecule has 34 heavy (non-hydrogen) atoms. The summed E-state index contributed by atoms with van der Waals surface area (Å²) >= 11 is 0. The third-order valence-corrected chi connectivity index (χ3v) is 5.02. The number of hydrogen-bond acceptors (Lipinski definition) is 5. The van der Waals surface area contributed by atoms with Gasteiger partial charge in [0.15, 0.2) is 0 Å². The summed E-state index contributed by atoms with van der Waals surface area (Å²) in [5.74, 6) is 1.18. The molecule has 0 aliphatic heterocycles. The number of amides is 2. The van der Waals surface area contributed by atoms with Gasteiger partial charge in [-0.25, -0.2) is 0 Å². The van der Waals surface area contributed by atoms with Crippen LogP contribution in [0.1, 0.15) is 41.4 Å². The summed E-state index contributed by atoms with van der Waals surface area (Å²) in [6, 6.07) is 18.0. The van der Waals surface area contributed by atoms with Crippen molar-refractivity contribution >= 4 is 17.9 Å². The van der Waals surface area contributed by atoms with E-state index in [0.29, 0.717) is 30.2 Å². The Kier molecular flexibility index (Phi) is 9.34. The molecule has 0 aliphatic carbocycles. The van der Waals surface area contributed by atoms with Gasteiger partial charge in [-0.05, 0) is 67.3 Å². The fraction of sp³-hybridized carbons (Fsp3) is 0.259. The standard InChI is InChI=1S/C27H30N2O5/c1-3-17-34-25-11-5-4-8-20(25)9-6-16-28-27(31)24(19-23-10-7-18-33-23)29-26(30)21-12-14-22(32-2)15-13-21/h4-5,7-8,10-15,18-19H,3,6,9,16-17H2,1-2H3,(H,28,31)(H,29,30)/b24-19-. The first-order valence-electron chi connectivity index (χ1n) is 11.3. The van der Waals surface area contributed by atoms with Gasteiger partial charge in [0.25, 0.3) is 11.8 Å². The first-order chi connectivity index (χ1) is 16.6. The van der Waals surface area contributed by atoms with E-state index in [2.05, 4.69) is 17.6 Å². The van der Waals surface area contributed by atoms with Gasteiger partial charge in [-0.3, -0.25) is 9.59 Å². The number of benzene rings is 2. The van der Waals surface area contributed by atoms with Crippen molar-refractivity contribution in [1.82, 2.24) is 10.6 Å². The van der Waals surface area contributed by atoms with Gasteiger partial charge >= 0.3 is 0 Å². The highest BCUT2D eigenvalue weighted by Gasteiger charge is 2.15. The predicted molar refractivity (Wildman–Crippen MR) is 131 cm³/mol. The molecular formula is C27H30N2O5. The van der Waals surface area contributed by atoms with Gasteiger partial charge in [-0.1, -0.05) is 25.1 Å². The van der Waals surface area contributed by atoms with Crippen molar-refractivity contribution < 1.29 is 23.5 Å². The summed E-state index contributed by atoms with van der Waals surface area (Å²) < 4.78 is 16.2. The number of methoxy groups -OCH3 is 1. The maximum absolute atomic E-state index is 12.9. The molecule has 0 saturated heterocycles. The molecule has 0 bridgehead atoms. The second-order valence-electron chi connectivity index (χ2n) is 7.57. The van der Waals surface area contributed by atoms with E-state index in [1.54, 1.807) is 43.5 Å². The van der Waals surface area contributed by atoms with Crippen molar-refractivity contribution in [3.63, 3.8) is 0 Å². The van der Waals surface area contributed by atoms with E-state index < -0.39 is 11.8 Å². The van der Waals surface area contributed by atoms with Gasteiger partial charge < -0.3 is 24.5 Å². The van der Waals surface area contributed by atoms with Gasteiger partial charge in [-0.15, -0.1) is 0 Å². The van der Waals surface area contributed by atoms with Crippen LogP contribution in [-0.2, 0) is 11.2 Å². The number of carbonyl (C=O) groups excluding carboxylic acids is 2. The monoisotopic (exact) mass is 462 g/mol. The Morgan fingerprint density at radius 3 is 2.53 bits per heavy atom. The minimum Gasteiger partial charge on any atom is -0.497 e. The van der Waals surface area contributed by atoms with Gasteiger partial charge in [0.05, 0.1) is 20.0 Å². The molecule has 1 heterocycles. The molecule has 2 aromatic carbocycles. The number of ether oxygens (including phenoxy) is 2. The molecule has 1 aromatic heterocycles. The van der Waals surface area contributed by atoms with Crippen molar-refractivity contribution in [2.24, 2.45) is 0 Å². The SMILES string of the molecule is CCCOc1ccccc1CCCNC(=O)/C(=C/c1ccco1)NC(=O)c1ccc(OC)cc1. The largest absolute Gasteiger partial charge is 0.497 e. The van der Waals surface area contributed by atoms with E-state index in [9.17, 15) is 9.59 Å². The fourth-order valence-corrected chi connectivity index (χ4v) is 3.25. The van der Waals surface area contributed by atoms with E-state index in [0.717, 1.165) is 30.6 Å². The number of carbonyl (C=O) groups is 2. The second-order valence-corrected chi connectivity index (χ2v) is 7.57. The Balaban J connectivity index is 1.61. The van der Waals surface area contributed by atoms with Crippen LogP contribution in [0.2, 0.25) is 0 Å². The summed E-state index contributed by atoms with van der Waals surface area (Å²) in [7, 11) is 1.56. The molecule has 0 aliphatic rings. The van der Waals surface area contributed by atoms with E-state index in [1.165, 1.54) is 12.3 Å². The Morgan fingerprint density at radius 1 is 1.03 bits per heavy atom. The minimum atomic E-state index is -0.405. The van der Waals surface area contributed by atoms with Crippen molar-refractivity contribution in [3.8, 4) is 11.5 Å². The molecule has 2 N–H and O–H groups in total.